The Kier molecular flexibility index (Phi) is 6.31. The number of methoxy groups -OCH3 is 1. The molecule has 2 aromatic rings. The van der Waals surface area contributed by atoms with Crippen LogP contribution in [0.25, 0.3) is 0 Å². The van der Waals surface area contributed by atoms with E-state index in [0.29, 0.717) is 6.54 Å². The van der Waals surface area contributed by atoms with Crippen LogP contribution in [0.4, 0.5) is 0 Å². The molecule has 2 N–H and O–H groups in total. The molecule has 1 unspecified atom stereocenters. The van der Waals surface area contributed by atoms with E-state index in [2.05, 4.69) is 0 Å². The van der Waals surface area contributed by atoms with E-state index >= 15 is 0 Å². The van der Waals surface area contributed by atoms with E-state index in [1.165, 1.54) is 0 Å². The first kappa shape index (κ1) is 17.6. The van der Waals surface area contributed by atoms with Crippen molar-refractivity contribution in [3.63, 3.8) is 0 Å². The second kappa shape index (κ2) is 8.23. The minimum Gasteiger partial charge on any atom is -0.493 e. The second-order valence-corrected chi connectivity index (χ2v) is 6.22. The van der Waals surface area contributed by atoms with Gasteiger partial charge in [-0.25, -0.2) is 0 Å². The van der Waals surface area contributed by atoms with Gasteiger partial charge in [0.05, 0.1) is 13.2 Å². The molecule has 3 nitrogen and oxygen atoms in total. The van der Waals surface area contributed by atoms with Crippen LogP contribution in [0.2, 0.25) is 5.02 Å². The Balaban J connectivity index is 2.26. The van der Waals surface area contributed by atoms with Gasteiger partial charge in [0, 0.05) is 10.9 Å². The standard InChI is InChI=1S/C19H24ClNO2/c1-13(2)23-19-11-14(8-9-18(19)22-3)10-15(12-21)16-6-4-5-7-17(16)20/h4-9,11,13,15H,10,12,21H2,1-3H3. The Hall–Kier alpha value is -1.71. The summed E-state index contributed by atoms with van der Waals surface area (Å²) in [5.74, 6) is 1.67. The average molecular weight is 334 g/mol. The van der Waals surface area contributed by atoms with Gasteiger partial charge in [-0.2, -0.15) is 0 Å². The van der Waals surface area contributed by atoms with Crippen LogP contribution in [0.1, 0.15) is 30.9 Å². The van der Waals surface area contributed by atoms with Crippen LogP contribution >= 0.6 is 11.6 Å². The molecule has 0 saturated heterocycles. The van der Waals surface area contributed by atoms with Crippen LogP contribution in [-0.2, 0) is 6.42 Å². The molecular weight excluding hydrogens is 310 g/mol. The summed E-state index contributed by atoms with van der Waals surface area (Å²) in [5.41, 5.74) is 8.21. The summed E-state index contributed by atoms with van der Waals surface area (Å²) in [6.07, 6.45) is 0.895. The van der Waals surface area contributed by atoms with Crippen molar-refractivity contribution >= 4 is 11.6 Å². The van der Waals surface area contributed by atoms with Crippen molar-refractivity contribution in [3.05, 3.63) is 58.6 Å². The molecule has 4 heteroatoms. The van der Waals surface area contributed by atoms with E-state index < -0.39 is 0 Å². The predicted octanol–water partition coefficient (Wildman–Crippen LogP) is 4.42. The smallest absolute Gasteiger partial charge is 0.161 e. The summed E-state index contributed by atoms with van der Waals surface area (Å²) in [6.45, 7) is 4.53. The fourth-order valence-electron chi connectivity index (χ4n) is 2.61. The predicted molar refractivity (Wildman–Crippen MR) is 95.7 cm³/mol. The molecule has 0 radical (unpaired) electrons. The first-order valence-electron chi connectivity index (χ1n) is 7.83. The van der Waals surface area contributed by atoms with Crippen molar-refractivity contribution < 1.29 is 9.47 Å². The van der Waals surface area contributed by atoms with E-state index in [1.54, 1.807) is 7.11 Å². The second-order valence-electron chi connectivity index (χ2n) is 5.81. The van der Waals surface area contributed by atoms with E-state index in [9.17, 15) is 0 Å². The quantitative estimate of drug-likeness (QED) is 0.815. The van der Waals surface area contributed by atoms with Crippen LogP contribution < -0.4 is 15.2 Å². The number of ether oxygens (including phenoxy) is 2. The third-order valence-corrected chi connectivity index (χ3v) is 4.05. The van der Waals surface area contributed by atoms with Gasteiger partial charge in [-0.15, -0.1) is 0 Å². The summed E-state index contributed by atoms with van der Waals surface area (Å²) in [6, 6.07) is 13.9. The van der Waals surface area contributed by atoms with Crippen LogP contribution in [0.5, 0.6) is 11.5 Å². The molecule has 0 bridgehead atoms. The maximum absolute atomic E-state index is 6.31. The zero-order valence-electron chi connectivity index (χ0n) is 13.9. The molecule has 1 atom stereocenters. The zero-order chi connectivity index (χ0) is 16.8. The topological polar surface area (TPSA) is 44.5 Å². The van der Waals surface area contributed by atoms with Crippen LogP contribution in [0.15, 0.2) is 42.5 Å². The van der Waals surface area contributed by atoms with Gasteiger partial charge in [0.2, 0.25) is 0 Å². The van der Waals surface area contributed by atoms with E-state index in [4.69, 9.17) is 26.8 Å². The Morgan fingerprint density at radius 1 is 1.09 bits per heavy atom. The van der Waals surface area contributed by atoms with E-state index in [0.717, 1.165) is 34.1 Å². The molecule has 0 spiro atoms. The highest BCUT2D eigenvalue weighted by molar-refractivity contribution is 6.31. The number of hydrogen-bond donors (Lipinski definition) is 1. The molecule has 2 rings (SSSR count). The van der Waals surface area contributed by atoms with Gasteiger partial charge in [-0.3, -0.25) is 0 Å². The van der Waals surface area contributed by atoms with E-state index in [1.807, 2.05) is 56.3 Å². The molecular formula is C19H24ClNO2. The van der Waals surface area contributed by atoms with Crippen molar-refractivity contribution in [2.24, 2.45) is 5.73 Å². The number of halogens is 1. The van der Waals surface area contributed by atoms with Crippen molar-refractivity contribution in [2.75, 3.05) is 13.7 Å². The van der Waals surface area contributed by atoms with Crippen LogP contribution in [0.3, 0.4) is 0 Å². The highest BCUT2D eigenvalue weighted by Crippen LogP contribution is 2.32. The zero-order valence-corrected chi connectivity index (χ0v) is 14.6. The lowest BCUT2D eigenvalue weighted by Gasteiger charge is -2.19. The van der Waals surface area contributed by atoms with Crippen molar-refractivity contribution in [1.29, 1.82) is 0 Å². The fourth-order valence-corrected chi connectivity index (χ4v) is 2.90. The molecule has 124 valence electrons. The Labute approximate surface area is 143 Å². The van der Waals surface area contributed by atoms with Crippen molar-refractivity contribution in [3.8, 4) is 11.5 Å². The molecule has 0 amide bonds. The fraction of sp³-hybridized carbons (Fsp3) is 0.368. The van der Waals surface area contributed by atoms with Gasteiger partial charge < -0.3 is 15.2 Å². The van der Waals surface area contributed by atoms with Gasteiger partial charge >= 0.3 is 0 Å². The van der Waals surface area contributed by atoms with Crippen molar-refractivity contribution in [1.82, 2.24) is 0 Å². The maximum atomic E-state index is 6.31. The van der Waals surface area contributed by atoms with Gasteiger partial charge in [0.25, 0.3) is 0 Å². The molecule has 0 fully saturated rings. The summed E-state index contributed by atoms with van der Waals surface area (Å²) in [7, 11) is 1.65. The van der Waals surface area contributed by atoms with Gasteiger partial charge in [0.15, 0.2) is 11.5 Å². The Morgan fingerprint density at radius 3 is 2.43 bits per heavy atom. The Morgan fingerprint density at radius 2 is 1.83 bits per heavy atom. The summed E-state index contributed by atoms with van der Waals surface area (Å²) in [4.78, 5) is 0. The van der Waals surface area contributed by atoms with Gasteiger partial charge in [-0.1, -0.05) is 35.9 Å². The number of hydrogen-bond acceptors (Lipinski definition) is 3. The van der Waals surface area contributed by atoms with Gasteiger partial charge in [-0.05, 0) is 56.1 Å². The van der Waals surface area contributed by atoms with E-state index in [-0.39, 0.29) is 12.0 Å². The molecule has 0 aromatic heterocycles. The summed E-state index contributed by atoms with van der Waals surface area (Å²) >= 11 is 6.31. The number of nitrogens with two attached hydrogens (primary N) is 1. The summed E-state index contributed by atoms with van der Waals surface area (Å²) in [5, 5.41) is 0.759. The van der Waals surface area contributed by atoms with Crippen molar-refractivity contribution in [2.45, 2.75) is 32.3 Å². The minimum absolute atomic E-state index is 0.0908. The Bertz CT molecular complexity index is 643. The first-order valence-corrected chi connectivity index (χ1v) is 8.21. The molecule has 0 aliphatic rings. The molecule has 0 aliphatic heterocycles. The maximum Gasteiger partial charge on any atom is 0.161 e. The summed E-state index contributed by atoms with van der Waals surface area (Å²) < 4.78 is 11.2. The monoisotopic (exact) mass is 333 g/mol. The highest BCUT2D eigenvalue weighted by atomic mass is 35.5. The normalized spacial score (nSPS) is 12.3. The molecule has 0 saturated carbocycles. The lowest BCUT2D eigenvalue weighted by atomic mass is 9.92. The average Bonchev–Trinajstić information content (AvgIpc) is 2.53. The molecule has 2 aromatic carbocycles. The lowest BCUT2D eigenvalue weighted by molar-refractivity contribution is 0.230. The minimum atomic E-state index is 0.0908. The number of benzene rings is 2. The van der Waals surface area contributed by atoms with Crippen LogP contribution in [-0.4, -0.2) is 19.8 Å². The molecule has 0 aliphatic carbocycles. The largest absolute Gasteiger partial charge is 0.493 e. The number of rotatable bonds is 7. The highest BCUT2D eigenvalue weighted by Gasteiger charge is 2.15. The van der Waals surface area contributed by atoms with Gasteiger partial charge in [0.1, 0.15) is 0 Å². The molecule has 23 heavy (non-hydrogen) atoms. The third kappa shape index (κ3) is 4.63. The van der Waals surface area contributed by atoms with Crippen LogP contribution in [0, 0.1) is 0 Å². The lowest BCUT2D eigenvalue weighted by Crippen LogP contribution is -2.15. The SMILES string of the molecule is COc1ccc(CC(CN)c2ccccc2Cl)cc1OC(C)C. The first-order chi connectivity index (χ1) is 11.0. The third-order valence-electron chi connectivity index (χ3n) is 3.70. The molecule has 0 heterocycles.